The average molecular weight is 384 g/mol. The van der Waals surface area contributed by atoms with Gasteiger partial charge in [0.05, 0.1) is 11.6 Å². The lowest BCUT2D eigenvalue weighted by Gasteiger charge is -2.28. The van der Waals surface area contributed by atoms with E-state index in [9.17, 15) is 5.11 Å². The van der Waals surface area contributed by atoms with Gasteiger partial charge >= 0.3 is 0 Å². The lowest BCUT2D eigenvalue weighted by molar-refractivity contribution is 0.423. The van der Waals surface area contributed by atoms with Crippen LogP contribution >= 0.6 is 0 Å². The van der Waals surface area contributed by atoms with Gasteiger partial charge in [-0.2, -0.15) is 5.26 Å². The molecule has 0 aliphatic rings. The van der Waals surface area contributed by atoms with Crippen molar-refractivity contribution in [3.63, 3.8) is 0 Å². The van der Waals surface area contributed by atoms with Crippen LogP contribution in [0.1, 0.15) is 58.2 Å². The van der Waals surface area contributed by atoms with Gasteiger partial charge in [0, 0.05) is 11.1 Å². The maximum Gasteiger partial charge on any atom is 0.123 e. The number of aromatic hydroxyl groups is 1. The minimum atomic E-state index is -0.150. The molecule has 2 heteroatoms. The third-order valence-corrected chi connectivity index (χ3v) is 5.29. The maximum absolute atomic E-state index is 10.9. The van der Waals surface area contributed by atoms with Gasteiger partial charge in [-0.3, -0.25) is 0 Å². The third-order valence-electron chi connectivity index (χ3n) is 5.29. The van der Waals surface area contributed by atoms with E-state index in [-0.39, 0.29) is 10.8 Å². The van der Waals surface area contributed by atoms with Gasteiger partial charge in [0.1, 0.15) is 5.75 Å². The maximum atomic E-state index is 10.9. The SMILES string of the molecule is CC(C)(C)c1cc(-c2ccc(-c3ccc(C#N)cc3)cc2)cc(C(C)(C)C)c1O. The van der Waals surface area contributed by atoms with Crippen molar-refractivity contribution in [2.24, 2.45) is 0 Å². The molecule has 0 heterocycles. The Kier molecular flexibility index (Phi) is 5.28. The van der Waals surface area contributed by atoms with E-state index in [1.165, 1.54) is 0 Å². The summed E-state index contributed by atoms with van der Waals surface area (Å²) in [5.41, 5.74) is 6.75. The van der Waals surface area contributed by atoms with Crippen LogP contribution in [-0.2, 0) is 10.8 Å². The topological polar surface area (TPSA) is 44.0 Å². The first-order valence-corrected chi connectivity index (χ1v) is 9.99. The molecule has 3 aromatic carbocycles. The zero-order valence-corrected chi connectivity index (χ0v) is 18.2. The molecular formula is C27H29NO. The summed E-state index contributed by atoms with van der Waals surface area (Å²) in [7, 11) is 0. The van der Waals surface area contributed by atoms with Gasteiger partial charge < -0.3 is 5.11 Å². The summed E-state index contributed by atoms with van der Waals surface area (Å²) in [6.45, 7) is 12.8. The Morgan fingerprint density at radius 3 is 1.31 bits per heavy atom. The molecule has 0 amide bonds. The van der Waals surface area contributed by atoms with Crippen molar-refractivity contribution in [2.75, 3.05) is 0 Å². The number of nitriles is 1. The van der Waals surface area contributed by atoms with Gasteiger partial charge in [0.15, 0.2) is 0 Å². The fraction of sp³-hybridized carbons (Fsp3) is 0.296. The highest BCUT2D eigenvalue weighted by Crippen LogP contribution is 2.42. The van der Waals surface area contributed by atoms with E-state index in [2.05, 4.69) is 84.0 Å². The zero-order chi connectivity index (χ0) is 21.4. The van der Waals surface area contributed by atoms with E-state index in [0.29, 0.717) is 11.3 Å². The summed E-state index contributed by atoms with van der Waals surface area (Å²) >= 11 is 0. The highest BCUT2D eigenvalue weighted by molar-refractivity contribution is 5.73. The smallest absolute Gasteiger partial charge is 0.123 e. The second-order valence-electron chi connectivity index (χ2n) is 9.69. The Morgan fingerprint density at radius 1 is 0.621 bits per heavy atom. The number of nitrogens with zero attached hydrogens (tertiary/aromatic N) is 1. The van der Waals surface area contributed by atoms with Crippen LogP contribution < -0.4 is 0 Å². The van der Waals surface area contributed by atoms with Crippen molar-refractivity contribution < 1.29 is 5.11 Å². The van der Waals surface area contributed by atoms with Crippen molar-refractivity contribution in [3.05, 3.63) is 77.4 Å². The van der Waals surface area contributed by atoms with Gasteiger partial charge in [0.25, 0.3) is 0 Å². The van der Waals surface area contributed by atoms with E-state index in [1.54, 1.807) is 0 Å². The fourth-order valence-electron chi connectivity index (χ4n) is 3.54. The molecular weight excluding hydrogens is 354 g/mol. The van der Waals surface area contributed by atoms with E-state index < -0.39 is 0 Å². The molecule has 148 valence electrons. The van der Waals surface area contributed by atoms with Crippen molar-refractivity contribution >= 4 is 0 Å². The Balaban J connectivity index is 2.07. The van der Waals surface area contributed by atoms with Gasteiger partial charge in [0.2, 0.25) is 0 Å². The molecule has 3 aromatic rings. The van der Waals surface area contributed by atoms with Crippen LogP contribution in [0.25, 0.3) is 22.3 Å². The van der Waals surface area contributed by atoms with Gasteiger partial charge in [-0.25, -0.2) is 0 Å². The minimum absolute atomic E-state index is 0.150. The van der Waals surface area contributed by atoms with Gasteiger partial charge in [-0.15, -0.1) is 0 Å². The summed E-state index contributed by atoms with van der Waals surface area (Å²) in [6.07, 6.45) is 0. The van der Waals surface area contributed by atoms with E-state index in [1.807, 2.05) is 24.3 Å². The molecule has 0 radical (unpaired) electrons. The monoisotopic (exact) mass is 383 g/mol. The molecule has 2 nitrogen and oxygen atoms in total. The van der Waals surface area contributed by atoms with Crippen LogP contribution in [0.3, 0.4) is 0 Å². The largest absolute Gasteiger partial charge is 0.507 e. The fourth-order valence-corrected chi connectivity index (χ4v) is 3.54. The average Bonchev–Trinajstić information content (AvgIpc) is 2.66. The summed E-state index contributed by atoms with van der Waals surface area (Å²) in [5.74, 6) is 0.406. The minimum Gasteiger partial charge on any atom is -0.507 e. The summed E-state index contributed by atoms with van der Waals surface area (Å²) in [4.78, 5) is 0. The first kappa shape index (κ1) is 20.7. The molecule has 0 bridgehead atoms. The lowest BCUT2D eigenvalue weighted by atomic mass is 9.77. The highest BCUT2D eigenvalue weighted by Gasteiger charge is 2.26. The van der Waals surface area contributed by atoms with Crippen molar-refractivity contribution in [3.8, 4) is 34.1 Å². The normalized spacial score (nSPS) is 11.9. The molecule has 0 aliphatic heterocycles. The summed E-state index contributed by atoms with van der Waals surface area (Å²) < 4.78 is 0. The Morgan fingerprint density at radius 2 is 0.966 bits per heavy atom. The second-order valence-corrected chi connectivity index (χ2v) is 9.69. The van der Waals surface area contributed by atoms with Crippen molar-refractivity contribution in [2.45, 2.75) is 52.4 Å². The number of phenolic OH excluding ortho intramolecular Hbond substituents is 1. The lowest BCUT2D eigenvalue weighted by Crippen LogP contribution is -2.17. The van der Waals surface area contributed by atoms with Crippen LogP contribution in [0.15, 0.2) is 60.7 Å². The molecule has 0 saturated carbocycles. The second kappa shape index (κ2) is 7.41. The van der Waals surface area contributed by atoms with Crippen LogP contribution in [0.5, 0.6) is 5.75 Å². The highest BCUT2D eigenvalue weighted by atomic mass is 16.3. The molecule has 3 rings (SSSR count). The predicted octanol–water partition coefficient (Wildman–Crippen LogP) is 7.19. The standard InChI is InChI=1S/C27H29NO/c1-26(2,3)23-15-22(16-24(25(23)29)27(4,5)6)21-13-11-20(12-14-21)19-9-7-18(17-28)8-10-19/h7-16,29H,1-6H3. The predicted molar refractivity (Wildman–Crippen MR) is 121 cm³/mol. The molecule has 0 aliphatic carbocycles. The first-order chi connectivity index (χ1) is 13.5. The summed E-state index contributed by atoms with van der Waals surface area (Å²) in [5, 5.41) is 19.9. The van der Waals surface area contributed by atoms with Crippen LogP contribution in [0.2, 0.25) is 0 Å². The van der Waals surface area contributed by atoms with Crippen molar-refractivity contribution in [1.82, 2.24) is 0 Å². The van der Waals surface area contributed by atoms with Crippen LogP contribution in [-0.4, -0.2) is 5.11 Å². The van der Waals surface area contributed by atoms with Crippen LogP contribution in [0, 0.1) is 11.3 Å². The number of hydrogen-bond donors (Lipinski definition) is 1. The quantitative estimate of drug-likeness (QED) is 0.509. The zero-order valence-electron chi connectivity index (χ0n) is 18.2. The molecule has 1 N–H and O–H groups in total. The third kappa shape index (κ3) is 4.35. The Labute approximate surface area is 174 Å². The van der Waals surface area contributed by atoms with Gasteiger partial charge in [-0.1, -0.05) is 77.9 Å². The number of benzene rings is 3. The molecule has 0 unspecified atom stereocenters. The molecule has 0 atom stereocenters. The Hall–Kier alpha value is -3.05. The van der Waals surface area contributed by atoms with E-state index >= 15 is 0 Å². The van der Waals surface area contributed by atoms with Crippen LogP contribution in [0.4, 0.5) is 0 Å². The number of hydrogen-bond acceptors (Lipinski definition) is 2. The Bertz CT molecular complexity index is 1020. The summed E-state index contributed by atoms with van der Waals surface area (Å²) in [6, 6.07) is 22.5. The molecule has 0 fully saturated rings. The van der Waals surface area contributed by atoms with E-state index in [4.69, 9.17) is 5.26 Å². The van der Waals surface area contributed by atoms with Crippen molar-refractivity contribution in [1.29, 1.82) is 5.26 Å². The molecule has 0 spiro atoms. The first-order valence-electron chi connectivity index (χ1n) is 9.99. The number of phenols is 1. The van der Waals surface area contributed by atoms with Gasteiger partial charge in [-0.05, 0) is 57.3 Å². The molecule has 0 saturated heterocycles. The number of rotatable bonds is 2. The molecule has 0 aromatic heterocycles. The van der Waals surface area contributed by atoms with E-state index in [0.717, 1.165) is 33.4 Å². The molecule has 29 heavy (non-hydrogen) atoms.